The maximum Gasteiger partial charge on any atom is 0.123 e. The zero-order valence-corrected chi connectivity index (χ0v) is 11.6. The summed E-state index contributed by atoms with van der Waals surface area (Å²) >= 11 is 0. The largest absolute Gasteiger partial charge is 0.494 e. The predicted octanol–water partition coefficient (Wildman–Crippen LogP) is 3.31. The average Bonchev–Trinajstić information content (AvgIpc) is 2.46. The summed E-state index contributed by atoms with van der Waals surface area (Å²) in [6.45, 7) is 2.53. The minimum absolute atomic E-state index is 0.594. The van der Waals surface area contributed by atoms with Crippen molar-refractivity contribution in [2.45, 2.75) is 6.92 Å². The highest BCUT2D eigenvalue weighted by atomic mass is 16.5. The number of nitriles is 1. The Labute approximate surface area is 119 Å². The van der Waals surface area contributed by atoms with Gasteiger partial charge in [-0.25, -0.2) is 0 Å². The second kappa shape index (κ2) is 5.98. The molecule has 2 N–H and O–H groups in total. The van der Waals surface area contributed by atoms with Gasteiger partial charge in [-0.05, 0) is 31.2 Å². The molecule has 0 heterocycles. The van der Waals surface area contributed by atoms with Crippen molar-refractivity contribution in [3.8, 4) is 11.8 Å². The van der Waals surface area contributed by atoms with Gasteiger partial charge < -0.3 is 15.4 Å². The maximum atomic E-state index is 8.96. The van der Waals surface area contributed by atoms with Crippen LogP contribution in [0.4, 0.5) is 17.1 Å². The van der Waals surface area contributed by atoms with Crippen LogP contribution in [0, 0.1) is 11.3 Å². The van der Waals surface area contributed by atoms with E-state index in [4.69, 9.17) is 15.7 Å². The van der Waals surface area contributed by atoms with Crippen LogP contribution in [0.25, 0.3) is 0 Å². The quantitative estimate of drug-likeness (QED) is 0.863. The lowest BCUT2D eigenvalue weighted by atomic mass is 10.2. The number of rotatable bonds is 4. The Morgan fingerprint density at radius 1 is 1.20 bits per heavy atom. The number of anilines is 3. The Balaban J connectivity index is 2.37. The van der Waals surface area contributed by atoms with Crippen molar-refractivity contribution in [2.75, 3.05) is 24.3 Å². The summed E-state index contributed by atoms with van der Waals surface area (Å²) < 4.78 is 5.50. The van der Waals surface area contributed by atoms with E-state index in [1.165, 1.54) is 0 Å². The van der Waals surface area contributed by atoms with Crippen LogP contribution in [0.1, 0.15) is 12.5 Å². The third-order valence-corrected chi connectivity index (χ3v) is 2.97. The summed E-state index contributed by atoms with van der Waals surface area (Å²) in [4.78, 5) is 1.97. The maximum absolute atomic E-state index is 8.96. The Kier molecular flexibility index (Phi) is 4.11. The molecule has 0 saturated carbocycles. The van der Waals surface area contributed by atoms with Gasteiger partial charge in [0, 0.05) is 36.2 Å². The van der Waals surface area contributed by atoms with E-state index in [2.05, 4.69) is 6.07 Å². The zero-order chi connectivity index (χ0) is 14.5. The van der Waals surface area contributed by atoms with E-state index in [1.807, 2.05) is 49.2 Å². The van der Waals surface area contributed by atoms with Gasteiger partial charge in [0.15, 0.2) is 0 Å². The Bertz CT molecular complexity index is 646. The molecule has 0 aliphatic carbocycles. The molecule has 0 unspecified atom stereocenters. The van der Waals surface area contributed by atoms with Crippen molar-refractivity contribution in [1.29, 1.82) is 5.26 Å². The number of hydrogen-bond acceptors (Lipinski definition) is 4. The van der Waals surface area contributed by atoms with Crippen LogP contribution < -0.4 is 15.4 Å². The summed E-state index contributed by atoms with van der Waals surface area (Å²) in [6.07, 6.45) is 0. The normalized spacial score (nSPS) is 9.85. The van der Waals surface area contributed by atoms with Crippen LogP contribution in [0.5, 0.6) is 5.75 Å². The number of nitrogen functional groups attached to an aromatic ring is 1. The van der Waals surface area contributed by atoms with Gasteiger partial charge >= 0.3 is 0 Å². The monoisotopic (exact) mass is 267 g/mol. The third-order valence-electron chi connectivity index (χ3n) is 2.97. The number of ether oxygens (including phenoxy) is 1. The molecule has 0 aromatic heterocycles. The van der Waals surface area contributed by atoms with E-state index in [0.29, 0.717) is 17.9 Å². The fourth-order valence-corrected chi connectivity index (χ4v) is 1.98. The lowest BCUT2D eigenvalue weighted by molar-refractivity contribution is 0.340. The summed E-state index contributed by atoms with van der Waals surface area (Å²) in [5, 5.41) is 8.96. The number of hydrogen-bond donors (Lipinski definition) is 1. The van der Waals surface area contributed by atoms with Crippen molar-refractivity contribution in [2.24, 2.45) is 0 Å². The van der Waals surface area contributed by atoms with Crippen molar-refractivity contribution < 1.29 is 4.74 Å². The molecule has 2 rings (SSSR count). The van der Waals surface area contributed by atoms with Gasteiger partial charge in [0.25, 0.3) is 0 Å². The summed E-state index contributed by atoms with van der Waals surface area (Å²) in [5.74, 6) is 0.741. The SMILES string of the molecule is CCOc1cc(N)cc(N(C)c2cccc(C#N)c2)c1. The molecule has 0 spiro atoms. The molecule has 0 saturated heterocycles. The van der Waals surface area contributed by atoms with E-state index in [-0.39, 0.29) is 0 Å². The van der Waals surface area contributed by atoms with Crippen LogP contribution in [0.15, 0.2) is 42.5 Å². The highest BCUT2D eigenvalue weighted by molar-refractivity contribution is 5.69. The van der Waals surface area contributed by atoms with Crippen molar-refractivity contribution in [3.63, 3.8) is 0 Å². The van der Waals surface area contributed by atoms with Crippen LogP contribution in [-0.2, 0) is 0 Å². The van der Waals surface area contributed by atoms with Gasteiger partial charge in [-0.3, -0.25) is 0 Å². The summed E-state index contributed by atoms with van der Waals surface area (Å²) in [5.41, 5.74) is 9.03. The standard InChI is InChI=1S/C16H17N3O/c1-3-20-16-9-13(18)8-15(10-16)19(2)14-6-4-5-12(7-14)11-17/h4-10H,3,18H2,1-2H3. The minimum atomic E-state index is 0.594. The molecule has 2 aromatic carbocycles. The smallest absolute Gasteiger partial charge is 0.123 e. The first-order valence-corrected chi connectivity index (χ1v) is 6.41. The molecule has 102 valence electrons. The zero-order valence-electron chi connectivity index (χ0n) is 11.6. The first-order chi connectivity index (χ1) is 9.63. The number of benzene rings is 2. The van der Waals surface area contributed by atoms with Crippen molar-refractivity contribution in [3.05, 3.63) is 48.0 Å². The molecule has 0 radical (unpaired) electrons. The van der Waals surface area contributed by atoms with E-state index in [1.54, 1.807) is 12.1 Å². The highest BCUT2D eigenvalue weighted by Gasteiger charge is 2.07. The molecule has 0 amide bonds. The van der Waals surface area contributed by atoms with Crippen molar-refractivity contribution >= 4 is 17.1 Å². The Morgan fingerprint density at radius 2 is 2.00 bits per heavy atom. The molecule has 0 aliphatic rings. The van der Waals surface area contributed by atoms with Crippen LogP contribution >= 0.6 is 0 Å². The van der Waals surface area contributed by atoms with Crippen LogP contribution in [0.2, 0.25) is 0 Å². The minimum Gasteiger partial charge on any atom is -0.494 e. The predicted molar refractivity (Wildman–Crippen MR) is 81.2 cm³/mol. The highest BCUT2D eigenvalue weighted by Crippen LogP contribution is 2.30. The van der Waals surface area contributed by atoms with Gasteiger partial charge in [-0.15, -0.1) is 0 Å². The van der Waals surface area contributed by atoms with Crippen LogP contribution in [-0.4, -0.2) is 13.7 Å². The lowest BCUT2D eigenvalue weighted by Crippen LogP contribution is -2.10. The summed E-state index contributed by atoms with van der Waals surface area (Å²) in [7, 11) is 1.93. The lowest BCUT2D eigenvalue weighted by Gasteiger charge is -2.21. The van der Waals surface area contributed by atoms with E-state index in [0.717, 1.165) is 17.1 Å². The molecule has 20 heavy (non-hydrogen) atoms. The molecular weight excluding hydrogens is 250 g/mol. The van der Waals surface area contributed by atoms with Crippen LogP contribution in [0.3, 0.4) is 0 Å². The number of nitrogens with two attached hydrogens (primary N) is 1. The molecule has 4 nitrogen and oxygen atoms in total. The van der Waals surface area contributed by atoms with Gasteiger partial charge in [0.05, 0.1) is 18.2 Å². The van der Waals surface area contributed by atoms with Gasteiger partial charge in [0.2, 0.25) is 0 Å². The first kappa shape index (κ1) is 13.8. The fraction of sp³-hybridized carbons (Fsp3) is 0.188. The molecule has 4 heteroatoms. The van der Waals surface area contributed by atoms with Gasteiger partial charge in [0.1, 0.15) is 5.75 Å². The second-order valence-electron chi connectivity index (χ2n) is 4.41. The topological polar surface area (TPSA) is 62.3 Å². The molecule has 0 aliphatic heterocycles. The molecule has 2 aromatic rings. The van der Waals surface area contributed by atoms with Gasteiger partial charge in [-0.2, -0.15) is 5.26 Å². The second-order valence-corrected chi connectivity index (χ2v) is 4.41. The molecular formula is C16H17N3O. The molecule has 0 fully saturated rings. The third kappa shape index (κ3) is 3.01. The molecule has 0 atom stereocenters. The Hall–Kier alpha value is -2.67. The van der Waals surface area contributed by atoms with E-state index < -0.39 is 0 Å². The van der Waals surface area contributed by atoms with Crippen molar-refractivity contribution in [1.82, 2.24) is 0 Å². The summed E-state index contributed by atoms with van der Waals surface area (Å²) in [6, 6.07) is 15.2. The van der Waals surface area contributed by atoms with Gasteiger partial charge in [-0.1, -0.05) is 6.07 Å². The fourth-order valence-electron chi connectivity index (χ4n) is 1.98. The Morgan fingerprint density at radius 3 is 2.70 bits per heavy atom. The number of nitrogens with zero attached hydrogens (tertiary/aromatic N) is 2. The average molecular weight is 267 g/mol. The molecule has 0 bridgehead atoms. The van der Waals surface area contributed by atoms with E-state index >= 15 is 0 Å². The first-order valence-electron chi connectivity index (χ1n) is 6.41. The van der Waals surface area contributed by atoms with E-state index in [9.17, 15) is 0 Å².